The van der Waals surface area contributed by atoms with E-state index < -0.39 is 0 Å². The Hall–Kier alpha value is -2.74. The molecule has 0 fully saturated rings. The van der Waals surface area contributed by atoms with Crippen LogP contribution in [0, 0.1) is 0 Å². The van der Waals surface area contributed by atoms with Crippen LogP contribution < -0.4 is 0 Å². The summed E-state index contributed by atoms with van der Waals surface area (Å²) in [6.07, 6.45) is 1.91. The lowest BCUT2D eigenvalue weighted by molar-refractivity contribution is -0.118. The molecule has 0 atom stereocenters. The summed E-state index contributed by atoms with van der Waals surface area (Å²) in [6.45, 7) is 0. The molecule has 3 rings (SSSR count). The zero-order valence-corrected chi connectivity index (χ0v) is 13.6. The fourth-order valence-electron chi connectivity index (χ4n) is 2.96. The Balaban J connectivity index is 1.55. The molecule has 0 aliphatic carbocycles. The first kappa shape index (κ1) is 16.1. The molecule has 0 aromatic heterocycles. The van der Waals surface area contributed by atoms with Crippen LogP contribution in [0.1, 0.15) is 35.2 Å². The largest absolute Gasteiger partial charge is 0.299 e. The molecule has 0 heterocycles. The van der Waals surface area contributed by atoms with Crippen LogP contribution in [0.15, 0.2) is 72.8 Å². The van der Waals surface area contributed by atoms with Crippen LogP contribution >= 0.6 is 0 Å². The molecule has 0 N–H and O–H groups in total. The van der Waals surface area contributed by atoms with Gasteiger partial charge in [0.25, 0.3) is 0 Å². The van der Waals surface area contributed by atoms with Crippen LogP contribution in [0.4, 0.5) is 0 Å². The maximum absolute atomic E-state index is 12.3. The summed E-state index contributed by atoms with van der Waals surface area (Å²) in [5, 5.41) is 2.29. The molecule has 0 aliphatic rings. The normalized spacial score (nSPS) is 10.7. The van der Waals surface area contributed by atoms with E-state index in [1.807, 2.05) is 54.6 Å². The summed E-state index contributed by atoms with van der Waals surface area (Å²) in [4.78, 5) is 24.3. The third-order valence-corrected chi connectivity index (χ3v) is 4.22. The monoisotopic (exact) mass is 316 g/mol. The predicted molar refractivity (Wildman–Crippen MR) is 97.3 cm³/mol. The van der Waals surface area contributed by atoms with Crippen LogP contribution in [0.2, 0.25) is 0 Å². The van der Waals surface area contributed by atoms with E-state index >= 15 is 0 Å². The van der Waals surface area contributed by atoms with Gasteiger partial charge in [-0.1, -0.05) is 72.8 Å². The van der Waals surface area contributed by atoms with Gasteiger partial charge in [0.1, 0.15) is 5.78 Å². The van der Waals surface area contributed by atoms with E-state index in [-0.39, 0.29) is 11.6 Å². The standard InChI is InChI=1S/C22H20O2/c23-20(13-7-15-22(24)18-9-2-1-3-10-18)16-19-12-6-11-17-8-4-5-14-21(17)19/h1-6,8-12,14H,7,13,15-16H2. The van der Waals surface area contributed by atoms with Gasteiger partial charge in [0, 0.05) is 24.8 Å². The number of rotatable bonds is 7. The molecular weight excluding hydrogens is 296 g/mol. The fourth-order valence-corrected chi connectivity index (χ4v) is 2.96. The number of fused-ring (bicyclic) bond motifs is 1. The maximum atomic E-state index is 12.3. The molecule has 0 aliphatic heterocycles. The van der Waals surface area contributed by atoms with Crippen LogP contribution in [-0.4, -0.2) is 11.6 Å². The molecule has 0 saturated carbocycles. The minimum absolute atomic E-state index is 0.105. The molecule has 0 radical (unpaired) electrons. The van der Waals surface area contributed by atoms with Crippen molar-refractivity contribution in [2.45, 2.75) is 25.7 Å². The average molecular weight is 316 g/mol. The number of hydrogen-bond acceptors (Lipinski definition) is 2. The van der Waals surface area contributed by atoms with Crippen LogP contribution in [-0.2, 0) is 11.2 Å². The van der Waals surface area contributed by atoms with Gasteiger partial charge >= 0.3 is 0 Å². The first-order valence-corrected chi connectivity index (χ1v) is 8.30. The summed E-state index contributed by atoms with van der Waals surface area (Å²) in [7, 11) is 0. The Kier molecular flexibility index (Phi) is 5.17. The van der Waals surface area contributed by atoms with Gasteiger partial charge in [0.15, 0.2) is 5.78 Å². The van der Waals surface area contributed by atoms with Crippen molar-refractivity contribution in [1.29, 1.82) is 0 Å². The number of carbonyl (C=O) groups excluding carboxylic acids is 2. The van der Waals surface area contributed by atoms with Gasteiger partial charge in [-0.2, -0.15) is 0 Å². The molecule has 2 heteroatoms. The zero-order valence-electron chi connectivity index (χ0n) is 13.6. The van der Waals surface area contributed by atoms with Gasteiger partial charge in [-0.25, -0.2) is 0 Å². The van der Waals surface area contributed by atoms with Gasteiger partial charge < -0.3 is 0 Å². The third-order valence-electron chi connectivity index (χ3n) is 4.22. The topological polar surface area (TPSA) is 34.1 Å². The van der Waals surface area contributed by atoms with Crippen molar-refractivity contribution in [3.05, 3.63) is 83.9 Å². The van der Waals surface area contributed by atoms with Crippen molar-refractivity contribution >= 4 is 22.3 Å². The highest BCUT2D eigenvalue weighted by Crippen LogP contribution is 2.19. The predicted octanol–water partition coefficient (Wildman–Crippen LogP) is 5.00. The van der Waals surface area contributed by atoms with Crippen molar-refractivity contribution in [3.8, 4) is 0 Å². The quantitative estimate of drug-likeness (QED) is 0.575. The lowest BCUT2D eigenvalue weighted by atomic mass is 9.98. The second-order valence-electron chi connectivity index (χ2n) is 6.00. The molecule has 0 saturated heterocycles. The third kappa shape index (κ3) is 3.96. The second-order valence-corrected chi connectivity index (χ2v) is 6.00. The highest BCUT2D eigenvalue weighted by Gasteiger charge is 2.09. The van der Waals surface area contributed by atoms with E-state index in [0.29, 0.717) is 25.7 Å². The second kappa shape index (κ2) is 7.69. The first-order valence-electron chi connectivity index (χ1n) is 8.30. The van der Waals surface area contributed by atoms with Crippen LogP contribution in [0.25, 0.3) is 10.8 Å². The number of hydrogen-bond donors (Lipinski definition) is 0. The summed E-state index contributed by atoms with van der Waals surface area (Å²) in [6, 6.07) is 23.4. The van der Waals surface area contributed by atoms with Gasteiger partial charge in [-0.15, -0.1) is 0 Å². The summed E-state index contributed by atoms with van der Waals surface area (Å²) < 4.78 is 0. The average Bonchev–Trinajstić information content (AvgIpc) is 2.63. The van der Waals surface area contributed by atoms with E-state index in [0.717, 1.165) is 21.9 Å². The van der Waals surface area contributed by atoms with E-state index in [9.17, 15) is 9.59 Å². The number of benzene rings is 3. The summed E-state index contributed by atoms with van der Waals surface area (Å²) in [5.74, 6) is 0.292. The molecule has 0 amide bonds. The van der Waals surface area contributed by atoms with Crippen LogP contribution in [0.5, 0.6) is 0 Å². The van der Waals surface area contributed by atoms with Crippen molar-refractivity contribution in [3.63, 3.8) is 0 Å². The Morgan fingerprint density at radius 1 is 0.708 bits per heavy atom. The number of Topliss-reactive ketones (excluding diaryl/α,β-unsaturated/α-hetero) is 2. The molecule has 120 valence electrons. The lowest BCUT2D eigenvalue weighted by Gasteiger charge is -2.06. The minimum atomic E-state index is 0.105. The smallest absolute Gasteiger partial charge is 0.162 e. The Bertz CT molecular complexity index is 845. The maximum Gasteiger partial charge on any atom is 0.162 e. The molecule has 0 spiro atoms. The minimum Gasteiger partial charge on any atom is -0.299 e. The van der Waals surface area contributed by atoms with Gasteiger partial charge in [0.2, 0.25) is 0 Å². The van der Waals surface area contributed by atoms with Crippen molar-refractivity contribution in [2.75, 3.05) is 0 Å². The summed E-state index contributed by atoms with van der Waals surface area (Å²) in [5.41, 5.74) is 1.78. The van der Waals surface area contributed by atoms with Gasteiger partial charge in [-0.05, 0) is 22.8 Å². The molecule has 3 aromatic rings. The SMILES string of the molecule is O=C(CCCC(=O)c1ccccc1)Cc1cccc2ccccc12. The van der Waals surface area contributed by atoms with E-state index in [1.165, 1.54) is 0 Å². The Labute approximate surface area is 142 Å². The molecule has 24 heavy (non-hydrogen) atoms. The van der Waals surface area contributed by atoms with Crippen molar-refractivity contribution in [1.82, 2.24) is 0 Å². The van der Waals surface area contributed by atoms with Crippen molar-refractivity contribution < 1.29 is 9.59 Å². The zero-order chi connectivity index (χ0) is 16.8. The Morgan fingerprint density at radius 3 is 2.25 bits per heavy atom. The first-order chi connectivity index (χ1) is 11.7. The lowest BCUT2D eigenvalue weighted by Crippen LogP contribution is -2.05. The van der Waals surface area contributed by atoms with Gasteiger partial charge in [-0.3, -0.25) is 9.59 Å². The molecule has 2 nitrogen and oxygen atoms in total. The highest BCUT2D eigenvalue weighted by atomic mass is 16.1. The number of ketones is 2. The number of carbonyl (C=O) groups is 2. The highest BCUT2D eigenvalue weighted by molar-refractivity contribution is 5.96. The van der Waals surface area contributed by atoms with E-state index in [2.05, 4.69) is 18.2 Å². The van der Waals surface area contributed by atoms with Crippen LogP contribution in [0.3, 0.4) is 0 Å². The molecule has 0 unspecified atom stereocenters. The molecular formula is C22H20O2. The molecule has 0 bridgehead atoms. The van der Waals surface area contributed by atoms with E-state index in [1.54, 1.807) is 0 Å². The summed E-state index contributed by atoms with van der Waals surface area (Å²) >= 11 is 0. The Morgan fingerprint density at radius 2 is 1.42 bits per heavy atom. The van der Waals surface area contributed by atoms with Gasteiger partial charge in [0.05, 0.1) is 0 Å². The van der Waals surface area contributed by atoms with E-state index in [4.69, 9.17) is 0 Å². The van der Waals surface area contributed by atoms with Crippen molar-refractivity contribution in [2.24, 2.45) is 0 Å². The molecule has 3 aromatic carbocycles. The fraction of sp³-hybridized carbons (Fsp3) is 0.182.